The summed E-state index contributed by atoms with van der Waals surface area (Å²) in [5.41, 5.74) is 0. The summed E-state index contributed by atoms with van der Waals surface area (Å²) in [6.45, 7) is 4.67. The van der Waals surface area contributed by atoms with E-state index in [1.807, 2.05) is 0 Å². The van der Waals surface area contributed by atoms with Crippen LogP contribution in [0.4, 0.5) is 0 Å². The van der Waals surface area contributed by atoms with E-state index in [0.29, 0.717) is 6.42 Å². The molecule has 0 aromatic carbocycles. The Morgan fingerprint density at radius 1 is 0.893 bits per heavy atom. The Morgan fingerprint density at radius 3 is 1.82 bits per heavy atom. The summed E-state index contributed by atoms with van der Waals surface area (Å²) in [6, 6.07) is 0. The van der Waals surface area contributed by atoms with Crippen molar-refractivity contribution in [3.63, 3.8) is 0 Å². The largest absolute Gasteiger partial charge is 1.00 e. The topological polar surface area (TPSA) is 80.7 Å². The van der Waals surface area contributed by atoms with E-state index >= 15 is 0 Å². The van der Waals surface area contributed by atoms with E-state index in [2.05, 4.69) is 13.8 Å². The van der Waals surface area contributed by atoms with Gasteiger partial charge in [0.1, 0.15) is 0 Å². The molecule has 0 spiro atoms. The Hall–Kier alpha value is 0.380. The Balaban J connectivity index is -0.00000338. The minimum absolute atomic E-state index is 0. The number of unbranched alkanes of at least 4 members (excludes halogenated alkanes) is 10. The summed E-state index contributed by atoms with van der Waals surface area (Å²) in [6.07, 6.45) is 16.9. The van der Waals surface area contributed by atoms with Crippen LogP contribution in [-0.4, -0.2) is 31.3 Å². The van der Waals surface area contributed by atoms with E-state index in [1.54, 1.807) is 0 Å². The fraction of sp³-hybridized carbons (Fsp3) is 0.952. The van der Waals surface area contributed by atoms with Crippen LogP contribution in [0.5, 0.6) is 0 Å². The molecule has 1 atom stereocenters. The molecular weight excluding hydrogens is 387 g/mol. The molecule has 28 heavy (non-hydrogen) atoms. The summed E-state index contributed by atoms with van der Waals surface area (Å²) in [5, 5.41) is 0. The molecule has 0 aliphatic rings. The molecule has 0 radical (unpaired) electrons. The molecule has 0 aromatic heterocycles. The molecule has 7 heteroatoms. The molecule has 0 fully saturated rings. The van der Waals surface area contributed by atoms with Crippen molar-refractivity contribution in [1.29, 1.82) is 0 Å². The van der Waals surface area contributed by atoms with E-state index in [1.165, 1.54) is 64.2 Å². The average molecular weight is 431 g/mol. The summed E-state index contributed by atoms with van der Waals surface area (Å²) in [4.78, 5) is 11.5. The molecule has 0 rings (SSSR count). The van der Waals surface area contributed by atoms with Gasteiger partial charge in [0.25, 0.3) is 10.1 Å². The van der Waals surface area contributed by atoms with E-state index in [4.69, 9.17) is 9.29 Å². The second-order valence-corrected chi connectivity index (χ2v) is 9.37. The second-order valence-electron chi connectivity index (χ2n) is 7.80. The van der Waals surface area contributed by atoms with Crippen LogP contribution < -0.4 is 29.6 Å². The number of carbonyl (C=O) groups excluding carboxylic acids is 1. The fourth-order valence-corrected chi connectivity index (χ4v) is 3.54. The normalized spacial score (nSPS) is 12.4. The molecule has 0 saturated carbocycles. The van der Waals surface area contributed by atoms with Gasteiger partial charge < -0.3 is 6.16 Å². The quantitative estimate of drug-likeness (QED) is 0.147. The Kier molecular flexibility index (Phi) is 22.5. The van der Waals surface area contributed by atoms with Crippen LogP contribution in [-0.2, 0) is 19.6 Å². The maximum atomic E-state index is 11.5. The predicted octanol–water partition coefficient (Wildman–Crippen LogP) is 3.04. The SMILES string of the molecule is CCC(C)CCCCCCCCCCCCCC(=O)OCCCS(=O)(=O)O.[H-].[Na+]. The summed E-state index contributed by atoms with van der Waals surface area (Å²) in [7, 11) is -3.96. The molecule has 164 valence electrons. The maximum absolute atomic E-state index is 11.5. The fourth-order valence-electron chi connectivity index (χ4n) is 3.06. The zero-order chi connectivity index (χ0) is 20.4. The summed E-state index contributed by atoms with van der Waals surface area (Å²) >= 11 is 0. The number of carbonyl (C=O) groups is 1. The number of ether oxygens (including phenoxy) is 1. The van der Waals surface area contributed by atoms with Gasteiger partial charge in [-0.25, -0.2) is 0 Å². The van der Waals surface area contributed by atoms with Crippen molar-refractivity contribution in [2.24, 2.45) is 5.92 Å². The van der Waals surface area contributed by atoms with Crippen molar-refractivity contribution in [1.82, 2.24) is 0 Å². The number of esters is 1. The zero-order valence-corrected chi connectivity index (χ0v) is 21.4. The van der Waals surface area contributed by atoms with E-state index in [9.17, 15) is 13.2 Å². The third-order valence-corrected chi connectivity index (χ3v) is 5.89. The van der Waals surface area contributed by atoms with Crippen molar-refractivity contribution < 1.29 is 53.5 Å². The van der Waals surface area contributed by atoms with Gasteiger partial charge in [-0.05, 0) is 18.8 Å². The molecule has 0 heterocycles. The standard InChI is InChI=1S/C21H42O5S.Na.H/c1-3-20(2)16-13-11-9-7-5-4-6-8-10-12-14-17-21(22)26-18-15-19-27(23,24)25;;/h20H,3-19H2,1-2H3,(H,23,24,25);;/q;+1;-1. The average Bonchev–Trinajstić information content (AvgIpc) is 2.61. The molecule has 0 amide bonds. The van der Waals surface area contributed by atoms with Crippen molar-refractivity contribution in [3.8, 4) is 0 Å². The molecule has 0 aromatic rings. The third-order valence-electron chi connectivity index (χ3n) is 5.08. The van der Waals surface area contributed by atoms with Gasteiger partial charge >= 0.3 is 35.5 Å². The molecule has 5 nitrogen and oxygen atoms in total. The second kappa shape index (κ2) is 20.6. The van der Waals surface area contributed by atoms with Gasteiger partial charge in [-0.2, -0.15) is 8.42 Å². The van der Waals surface area contributed by atoms with Crippen LogP contribution >= 0.6 is 0 Å². The van der Waals surface area contributed by atoms with Crippen LogP contribution in [0.3, 0.4) is 0 Å². The molecule has 0 saturated heterocycles. The molecule has 0 bridgehead atoms. The van der Waals surface area contributed by atoms with Crippen molar-refractivity contribution in [3.05, 3.63) is 0 Å². The minimum Gasteiger partial charge on any atom is -1.00 e. The van der Waals surface area contributed by atoms with Gasteiger partial charge in [0.15, 0.2) is 0 Å². The molecule has 0 aliphatic carbocycles. The first-order chi connectivity index (χ1) is 12.8. The zero-order valence-electron chi connectivity index (χ0n) is 19.6. The summed E-state index contributed by atoms with van der Waals surface area (Å²) in [5.74, 6) is 0.244. The van der Waals surface area contributed by atoms with Crippen LogP contribution in [0.1, 0.15) is 112 Å². The predicted molar refractivity (Wildman–Crippen MR) is 113 cm³/mol. The van der Waals surface area contributed by atoms with E-state index < -0.39 is 10.1 Å². The van der Waals surface area contributed by atoms with Crippen LogP contribution in [0.15, 0.2) is 0 Å². The Bertz CT molecular complexity index is 460. The molecule has 0 aliphatic heterocycles. The molecule has 1 unspecified atom stereocenters. The Morgan fingerprint density at radius 2 is 1.36 bits per heavy atom. The first-order valence-electron chi connectivity index (χ1n) is 11.0. The van der Waals surface area contributed by atoms with Crippen LogP contribution in [0.25, 0.3) is 0 Å². The first kappa shape index (κ1) is 30.6. The maximum Gasteiger partial charge on any atom is 1.00 e. The van der Waals surface area contributed by atoms with Gasteiger partial charge in [0, 0.05) is 6.42 Å². The van der Waals surface area contributed by atoms with Crippen LogP contribution in [0.2, 0.25) is 0 Å². The smallest absolute Gasteiger partial charge is 1.00 e. The minimum atomic E-state index is -3.96. The van der Waals surface area contributed by atoms with Gasteiger partial charge in [-0.3, -0.25) is 9.35 Å². The van der Waals surface area contributed by atoms with E-state index in [-0.39, 0.29) is 55.7 Å². The van der Waals surface area contributed by atoms with Gasteiger partial charge in [0.05, 0.1) is 12.4 Å². The molecule has 1 N–H and O–H groups in total. The van der Waals surface area contributed by atoms with E-state index in [0.717, 1.165) is 25.2 Å². The van der Waals surface area contributed by atoms with Crippen molar-refractivity contribution >= 4 is 16.1 Å². The van der Waals surface area contributed by atoms with Crippen molar-refractivity contribution in [2.45, 2.75) is 110 Å². The number of hydrogen-bond donors (Lipinski definition) is 1. The molecular formula is C21H43NaO5S. The number of rotatable bonds is 19. The van der Waals surface area contributed by atoms with Crippen molar-refractivity contribution in [2.75, 3.05) is 12.4 Å². The summed E-state index contributed by atoms with van der Waals surface area (Å²) < 4.78 is 34.6. The van der Waals surface area contributed by atoms with Crippen LogP contribution in [0, 0.1) is 5.92 Å². The first-order valence-corrected chi connectivity index (χ1v) is 12.6. The van der Waals surface area contributed by atoms with Gasteiger partial charge in [0.2, 0.25) is 0 Å². The van der Waals surface area contributed by atoms with Gasteiger partial charge in [-0.1, -0.05) is 90.9 Å². The third kappa shape index (κ3) is 24.4. The number of hydrogen-bond acceptors (Lipinski definition) is 4. The van der Waals surface area contributed by atoms with Gasteiger partial charge in [-0.15, -0.1) is 0 Å². The Labute approximate surface area is 197 Å². The monoisotopic (exact) mass is 430 g/mol.